The third-order valence-corrected chi connectivity index (χ3v) is 6.27. The zero-order chi connectivity index (χ0) is 24.2. The van der Waals surface area contributed by atoms with Crippen molar-refractivity contribution in [3.05, 3.63) is 139 Å². The Kier molecular flexibility index (Phi) is 6.52. The first-order chi connectivity index (χ1) is 17.2. The maximum absolute atomic E-state index is 6.48. The molecule has 0 unspecified atom stereocenters. The van der Waals surface area contributed by atoms with E-state index in [9.17, 15) is 0 Å². The number of para-hydroxylation sites is 1. The van der Waals surface area contributed by atoms with Gasteiger partial charge in [-0.05, 0) is 60.0 Å². The van der Waals surface area contributed by atoms with Gasteiger partial charge in [0.25, 0.3) is 0 Å². The lowest BCUT2D eigenvalue weighted by Gasteiger charge is -2.13. The van der Waals surface area contributed by atoms with Crippen molar-refractivity contribution in [3.63, 3.8) is 0 Å². The van der Waals surface area contributed by atoms with E-state index in [1.54, 1.807) is 6.08 Å². The number of nitrogens with zero attached hydrogens (tertiary/aromatic N) is 1. The number of halogens is 1. The molecule has 0 saturated carbocycles. The van der Waals surface area contributed by atoms with Crippen LogP contribution in [-0.2, 0) is 0 Å². The summed E-state index contributed by atoms with van der Waals surface area (Å²) in [6, 6.07) is 42.6. The van der Waals surface area contributed by atoms with Crippen LogP contribution < -0.4 is 0 Å². The highest BCUT2D eigenvalue weighted by Crippen LogP contribution is 2.41. The van der Waals surface area contributed by atoms with Gasteiger partial charge in [-0.3, -0.25) is 0 Å². The van der Waals surface area contributed by atoms with E-state index < -0.39 is 0 Å². The highest BCUT2D eigenvalue weighted by molar-refractivity contribution is 6.31. The van der Waals surface area contributed by atoms with Gasteiger partial charge in [-0.2, -0.15) is 0 Å². The lowest BCUT2D eigenvalue weighted by molar-refractivity contribution is 1.18. The van der Waals surface area contributed by atoms with Gasteiger partial charge in [-0.1, -0.05) is 103 Å². The molecule has 1 nitrogen and oxygen atoms in total. The highest BCUT2D eigenvalue weighted by Gasteiger charge is 2.18. The lowest BCUT2D eigenvalue weighted by atomic mass is 9.95. The number of fused-ring (bicyclic) bond motifs is 3. The predicted molar refractivity (Wildman–Crippen MR) is 153 cm³/mol. The molecule has 5 aromatic carbocycles. The number of benzene rings is 5. The monoisotopic (exact) mass is 471 g/mol. The molecule has 0 N–H and O–H groups in total. The fraction of sp³-hybridized carbons (Fsp3) is 0.0303. The Bertz CT molecular complexity index is 1600. The zero-order valence-corrected chi connectivity index (χ0v) is 20.4. The molecular weight excluding hydrogens is 446 g/mol. The van der Waals surface area contributed by atoms with Crippen molar-refractivity contribution in [3.8, 4) is 27.9 Å². The molecule has 0 fully saturated rings. The second-order valence-corrected chi connectivity index (χ2v) is 8.83. The summed E-state index contributed by atoms with van der Waals surface area (Å²) in [5.74, 6) is 0. The number of rotatable bonds is 3. The minimum absolute atomic E-state index is 0.738. The van der Waals surface area contributed by atoms with Crippen molar-refractivity contribution in [1.82, 2.24) is 4.57 Å². The molecule has 0 aliphatic carbocycles. The maximum atomic E-state index is 6.48. The minimum Gasteiger partial charge on any atom is -0.309 e. The number of hydrogen-bond acceptors (Lipinski definition) is 0. The summed E-state index contributed by atoms with van der Waals surface area (Å²) in [6.45, 7) is 5.25. The van der Waals surface area contributed by atoms with Crippen molar-refractivity contribution in [2.45, 2.75) is 6.92 Å². The van der Waals surface area contributed by atoms with Crippen molar-refractivity contribution < 1.29 is 0 Å². The fourth-order valence-electron chi connectivity index (χ4n) is 4.60. The van der Waals surface area contributed by atoms with Crippen LogP contribution in [0.3, 0.4) is 0 Å². The van der Waals surface area contributed by atoms with Crippen molar-refractivity contribution in [1.29, 1.82) is 0 Å². The van der Waals surface area contributed by atoms with E-state index in [1.165, 1.54) is 38.5 Å². The van der Waals surface area contributed by atoms with Crippen LogP contribution in [-0.4, -0.2) is 4.57 Å². The first-order valence-corrected chi connectivity index (χ1v) is 12.1. The van der Waals surface area contributed by atoms with Gasteiger partial charge < -0.3 is 4.57 Å². The summed E-state index contributed by atoms with van der Waals surface area (Å²) in [5, 5.41) is 3.16. The van der Waals surface area contributed by atoms with Crippen LogP contribution in [0.4, 0.5) is 0 Å². The van der Waals surface area contributed by atoms with Gasteiger partial charge in [0.05, 0.1) is 11.0 Å². The molecule has 6 rings (SSSR count). The molecule has 0 bridgehead atoms. The SMILES string of the molecule is C=CC.Clc1ccc2c3cc(-c4ccccc4)cc(-c4ccccc4)c3n(-c3ccccc3)c2c1. The molecule has 1 aromatic heterocycles. The standard InChI is InChI=1S/C30H20ClN.C3H6/c31-24-16-17-26-28-19-23(21-10-4-1-5-11-21)18-27(22-12-6-2-7-13-22)30(28)32(29(26)20-24)25-14-8-3-9-15-25;1-3-2/h1-20H;3H,1H2,2H3. The van der Waals surface area contributed by atoms with Crippen LogP contribution >= 0.6 is 11.6 Å². The minimum atomic E-state index is 0.738. The molecule has 170 valence electrons. The lowest BCUT2D eigenvalue weighted by Crippen LogP contribution is -1.95. The first-order valence-electron chi connectivity index (χ1n) is 11.7. The summed E-state index contributed by atoms with van der Waals surface area (Å²) in [6.07, 6.45) is 1.75. The molecule has 0 spiro atoms. The van der Waals surface area contributed by atoms with Crippen LogP contribution in [0.15, 0.2) is 134 Å². The molecule has 0 aliphatic heterocycles. The van der Waals surface area contributed by atoms with Gasteiger partial charge in [0.15, 0.2) is 0 Å². The Hall–Kier alpha value is -4.07. The Morgan fingerprint density at radius 1 is 0.629 bits per heavy atom. The summed E-state index contributed by atoms with van der Waals surface area (Å²) in [5.41, 5.74) is 8.25. The van der Waals surface area contributed by atoms with Crippen LogP contribution in [0.5, 0.6) is 0 Å². The summed E-state index contributed by atoms with van der Waals surface area (Å²) >= 11 is 6.48. The van der Waals surface area contributed by atoms with Crippen molar-refractivity contribution in [2.75, 3.05) is 0 Å². The Morgan fingerprint density at radius 3 is 1.83 bits per heavy atom. The number of hydrogen-bond donors (Lipinski definition) is 0. The van der Waals surface area contributed by atoms with Crippen LogP contribution in [0.1, 0.15) is 6.92 Å². The normalized spacial score (nSPS) is 10.7. The van der Waals surface area contributed by atoms with E-state index in [1.807, 2.05) is 13.0 Å². The first kappa shape index (κ1) is 22.7. The molecule has 0 radical (unpaired) electrons. The van der Waals surface area contributed by atoms with Crippen molar-refractivity contribution in [2.24, 2.45) is 0 Å². The average molecular weight is 472 g/mol. The molecule has 0 amide bonds. The van der Waals surface area contributed by atoms with Gasteiger partial charge in [0, 0.05) is 27.0 Å². The van der Waals surface area contributed by atoms with E-state index in [-0.39, 0.29) is 0 Å². The van der Waals surface area contributed by atoms with E-state index in [2.05, 4.69) is 126 Å². The number of allylic oxidation sites excluding steroid dienone is 1. The van der Waals surface area contributed by atoms with Crippen molar-refractivity contribution >= 4 is 33.4 Å². The smallest absolute Gasteiger partial charge is 0.0619 e. The quantitative estimate of drug-likeness (QED) is 0.226. The van der Waals surface area contributed by atoms with Gasteiger partial charge in [0.1, 0.15) is 0 Å². The zero-order valence-electron chi connectivity index (χ0n) is 19.7. The van der Waals surface area contributed by atoms with Crippen LogP contribution in [0.2, 0.25) is 5.02 Å². The third-order valence-electron chi connectivity index (χ3n) is 6.03. The van der Waals surface area contributed by atoms with Gasteiger partial charge in [0.2, 0.25) is 0 Å². The van der Waals surface area contributed by atoms with E-state index in [4.69, 9.17) is 11.6 Å². The second-order valence-electron chi connectivity index (χ2n) is 8.39. The largest absolute Gasteiger partial charge is 0.309 e. The van der Waals surface area contributed by atoms with Crippen LogP contribution in [0.25, 0.3) is 49.7 Å². The summed E-state index contributed by atoms with van der Waals surface area (Å²) in [4.78, 5) is 0. The van der Waals surface area contributed by atoms with Gasteiger partial charge >= 0.3 is 0 Å². The van der Waals surface area contributed by atoms with Crippen LogP contribution in [0, 0.1) is 0 Å². The average Bonchev–Trinajstić information content (AvgIpc) is 3.23. The Balaban J connectivity index is 0.000000806. The van der Waals surface area contributed by atoms with E-state index in [0.717, 1.165) is 16.2 Å². The third kappa shape index (κ3) is 4.39. The Morgan fingerprint density at radius 2 is 1.20 bits per heavy atom. The molecule has 0 aliphatic rings. The highest BCUT2D eigenvalue weighted by atomic mass is 35.5. The van der Waals surface area contributed by atoms with Gasteiger partial charge in [-0.25, -0.2) is 0 Å². The molecule has 0 atom stereocenters. The number of aromatic nitrogens is 1. The molecule has 0 saturated heterocycles. The summed E-state index contributed by atoms with van der Waals surface area (Å²) < 4.78 is 2.34. The molecule has 6 aromatic rings. The fourth-order valence-corrected chi connectivity index (χ4v) is 4.77. The van der Waals surface area contributed by atoms with Gasteiger partial charge in [-0.15, -0.1) is 6.58 Å². The molecule has 2 heteroatoms. The van der Waals surface area contributed by atoms with E-state index in [0.29, 0.717) is 0 Å². The molecular formula is C33H26ClN. The topological polar surface area (TPSA) is 4.93 Å². The van der Waals surface area contributed by atoms with E-state index >= 15 is 0 Å². The molecule has 35 heavy (non-hydrogen) atoms. The predicted octanol–water partition coefficient (Wildman–Crippen LogP) is 9.96. The maximum Gasteiger partial charge on any atom is 0.0619 e. The molecule has 1 heterocycles. The second kappa shape index (κ2) is 10.0. The summed E-state index contributed by atoms with van der Waals surface area (Å²) in [7, 11) is 0. The Labute approximate surface area is 211 Å².